The Kier molecular flexibility index (Phi) is 5.52. The van der Waals surface area contributed by atoms with Gasteiger partial charge in [0, 0.05) is 38.2 Å². The van der Waals surface area contributed by atoms with Gasteiger partial charge in [0.25, 0.3) is 0 Å². The lowest BCUT2D eigenvalue weighted by Gasteiger charge is -2.32. The first-order chi connectivity index (χ1) is 13.6. The Morgan fingerprint density at radius 3 is 2.71 bits per heavy atom. The van der Waals surface area contributed by atoms with Crippen molar-refractivity contribution in [2.24, 2.45) is 0 Å². The normalized spacial score (nSPS) is 17.3. The van der Waals surface area contributed by atoms with Gasteiger partial charge in [-0.05, 0) is 43.5 Å². The Labute approximate surface area is 164 Å². The van der Waals surface area contributed by atoms with E-state index in [1.807, 2.05) is 11.9 Å². The number of benzene rings is 1. The van der Waals surface area contributed by atoms with E-state index >= 15 is 0 Å². The van der Waals surface area contributed by atoms with Crippen molar-refractivity contribution in [3.63, 3.8) is 0 Å². The van der Waals surface area contributed by atoms with Crippen molar-refractivity contribution in [3.8, 4) is 0 Å². The van der Waals surface area contributed by atoms with E-state index in [-0.39, 0.29) is 17.6 Å². The number of amides is 1. The minimum absolute atomic E-state index is 0.0940. The number of nitrogens with one attached hydrogen (secondary N) is 2. The number of halogens is 1. The zero-order chi connectivity index (χ0) is 19.5. The molecule has 148 valence electrons. The topological polar surface area (TPSA) is 70.2 Å². The van der Waals surface area contributed by atoms with E-state index in [2.05, 4.69) is 10.6 Å². The lowest BCUT2D eigenvalue weighted by molar-refractivity contribution is -0.131. The van der Waals surface area contributed by atoms with Gasteiger partial charge in [-0.2, -0.15) is 0 Å². The maximum Gasteiger partial charge on any atom is 0.226 e. The SMILES string of the molecule is CNc1nc(C2CCN(C(=O)Cc3ccc(F)cc3)CC2)nc2c1CCNC2. The molecule has 1 amide bonds. The van der Waals surface area contributed by atoms with E-state index in [1.165, 1.54) is 17.7 Å². The summed E-state index contributed by atoms with van der Waals surface area (Å²) in [5, 5.41) is 6.60. The second kappa shape index (κ2) is 8.22. The molecule has 4 rings (SSSR count). The molecule has 0 unspecified atom stereocenters. The fourth-order valence-corrected chi connectivity index (χ4v) is 4.04. The summed E-state index contributed by atoms with van der Waals surface area (Å²) in [4.78, 5) is 24.1. The molecule has 0 bridgehead atoms. The minimum Gasteiger partial charge on any atom is -0.373 e. The summed E-state index contributed by atoms with van der Waals surface area (Å²) in [6.45, 7) is 3.16. The molecule has 1 aromatic heterocycles. The highest BCUT2D eigenvalue weighted by Crippen LogP contribution is 2.29. The molecule has 2 aliphatic heterocycles. The number of fused-ring (bicyclic) bond motifs is 1. The molecular formula is C21H26FN5O. The van der Waals surface area contributed by atoms with Gasteiger partial charge in [-0.1, -0.05) is 12.1 Å². The maximum atomic E-state index is 13.0. The molecule has 0 saturated carbocycles. The highest BCUT2D eigenvalue weighted by molar-refractivity contribution is 5.78. The molecular weight excluding hydrogens is 357 g/mol. The van der Waals surface area contributed by atoms with Gasteiger partial charge in [0.05, 0.1) is 12.1 Å². The van der Waals surface area contributed by atoms with Gasteiger partial charge in [0.2, 0.25) is 5.91 Å². The number of aromatic nitrogens is 2. The smallest absolute Gasteiger partial charge is 0.226 e. The monoisotopic (exact) mass is 383 g/mol. The van der Waals surface area contributed by atoms with E-state index in [4.69, 9.17) is 9.97 Å². The summed E-state index contributed by atoms with van der Waals surface area (Å²) in [6, 6.07) is 6.15. The third-order valence-electron chi connectivity index (χ3n) is 5.67. The average molecular weight is 383 g/mol. The van der Waals surface area contributed by atoms with Gasteiger partial charge < -0.3 is 15.5 Å². The van der Waals surface area contributed by atoms with Crippen LogP contribution in [0.15, 0.2) is 24.3 Å². The number of hydrogen-bond acceptors (Lipinski definition) is 5. The fourth-order valence-electron chi connectivity index (χ4n) is 4.04. The van der Waals surface area contributed by atoms with E-state index < -0.39 is 0 Å². The van der Waals surface area contributed by atoms with Crippen LogP contribution < -0.4 is 10.6 Å². The first-order valence-corrected chi connectivity index (χ1v) is 9.94. The molecule has 2 aromatic rings. The van der Waals surface area contributed by atoms with Crippen molar-refractivity contribution in [1.29, 1.82) is 0 Å². The molecule has 1 saturated heterocycles. The van der Waals surface area contributed by atoms with Crippen molar-refractivity contribution in [1.82, 2.24) is 20.2 Å². The fraction of sp³-hybridized carbons (Fsp3) is 0.476. The van der Waals surface area contributed by atoms with Crippen LogP contribution in [-0.2, 0) is 24.2 Å². The van der Waals surface area contributed by atoms with E-state index in [1.54, 1.807) is 12.1 Å². The molecule has 28 heavy (non-hydrogen) atoms. The van der Waals surface area contributed by atoms with Crippen molar-refractivity contribution < 1.29 is 9.18 Å². The molecule has 2 aliphatic rings. The quantitative estimate of drug-likeness (QED) is 0.848. The van der Waals surface area contributed by atoms with Gasteiger partial charge in [-0.25, -0.2) is 14.4 Å². The first-order valence-electron chi connectivity index (χ1n) is 9.94. The molecule has 1 aromatic carbocycles. The third kappa shape index (κ3) is 3.99. The van der Waals surface area contributed by atoms with E-state index in [0.29, 0.717) is 19.5 Å². The van der Waals surface area contributed by atoms with Crippen LogP contribution in [0.1, 0.15) is 41.4 Å². The number of carbonyl (C=O) groups is 1. The van der Waals surface area contributed by atoms with Gasteiger partial charge in [0.15, 0.2) is 0 Å². The van der Waals surface area contributed by atoms with Crippen LogP contribution in [0.25, 0.3) is 0 Å². The maximum absolute atomic E-state index is 13.0. The van der Waals surface area contributed by atoms with E-state index in [0.717, 1.165) is 55.3 Å². The average Bonchev–Trinajstić information content (AvgIpc) is 2.74. The van der Waals surface area contributed by atoms with Crippen LogP contribution in [0.4, 0.5) is 10.2 Å². The summed E-state index contributed by atoms with van der Waals surface area (Å²) in [6.07, 6.45) is 2.99. The Balaban J connectivity index is 1.40. The summed E-state index contributed by atoms with van der Waals surface area (Å²) in [5.41, 5.74) is 3.16. The number of likely N-dealkylation sites (tertiary alicyclic amines) is 1. The highest BCUT2D eigenvalue weighted by Gasteiger charge is 2.27. The predicted octanol–water partition coefficient (Wildman–Crippen LogP) is 2.25. The minimum atomic E-state index is -0.279. The van der Waals surface area contributed by atoms with Gasteiger partial charge >= 0.3 is 0 Å². The first kappa shape index (κ1) is 18.8. The third-order valence-corrected chi connectivity index (χ3v) is 5.67. The summed E-state index contributed by atoms with van der Waals surface area (Å²) < 4.78 is 13.0. The summed E-state index contributed by atoms with van der Waals surface area (Å²) in [5.74, 6) is 1.91. The number of anilines is 1. The van der Waals surface area contributed by atoms with Crippen LogP contribution in [-0.4, -0.2) is 47.5 Å². The molecule has 0 aliphatic carbocycles. The van der Waals surface area contributed by atoms with Crippen LogP contribution in [0.2, 0.25) is 0 Å². The second-order valence-electron chi connectivity index (χ2n) is 7.49. The standard InChI is InChI=1S/C21H26FN5O/c1-23-21-17-6-9-24-13-18(17)25-20(26-21)15-7-10-27(11-8-15)19(28)12-14-2-4-16(22)5-3-14/h2-5,15,24H,6-13H2,1H3,(H,23,25,26). The molecule has 2 N–H and O–H groups in total. The largest absolute Gasteiger partial charge is 0.373 e. The van der Waals surface area contributed by atoms with Gasteiger partial charge in [-0.15, -0.1) is 0 Å². The zero-order valence-electron chi connectivity index (χ0n) is 16.2. The molecule has 0 atom stereocenters. The van der Waals surface area contributed by atoms with Crippen LogP contribution in [0, 0.1) is 5.82 Å². The summed E-state index contributed by atoms with van der Waals surface area (Å²) >= 11 is 0. The Morgan fingerprint density at radius 1 is 1.25 bits per heavy atom. The highest BCUT2D eigenvalue weighted by atomic mass is 19.1. The van der Waals surface area contributed by atoms with Crippen LogP contribution in [0.3, 0.4) is 0 Å². The van der Waals surface area contributed by atoms with Crippen LogP contribution in [0.5, 0.6) is 0 Å². The molecule has 7 heteroatoms. The summed E-state index contributed by atoms with van der Waals surface area (Å²) in [7, 11) is 1.91. The van der Waals surface area contributed by atoms with Gasteiger partial charge in [0.1, 0.15) is 17.5 Å². The number of rotatable bonds is 4. The lowest BCUT2D eigenvalue weighted by Crippen LogP contribution is -2.39. The lowest BCUT2D eigenvalue weighted by atomic mass is 9.94. The molecule has 0 spiro atoms. The van der Waals surface area contributed by atoms with Crippen molar-refractivity contribution >= 4 is 11.7 Å². The van der Waals surface area contributed by atoms with E-state index in [9.17, 15) is 9.18 Å². The number of piperidine rings is 1. The molecule has 0 radical (unpaired) electrons. The van der Waals surface area contributed by atoms with Crippen LogP contribution >= 0.6 is 0 Å². The Bertz CT molecular complexity index is 829. The van der Waals surface area contributed by atoms with Crippen molar-refractivity contribution in [3.05, 3.63) is 52.7 Å². The van der Waals surface area contributed by atoms with Crippen molar-refractivity contribution in [2.75, 3.05) is 32.0 Å². The molecule has 3 heterocycles. The number of hydrogen-bond donors (Lipinski definition) is 2. The molecule has 1 fully saturated rings. The molecule has 6 nitrogen and oxygen atoms in total. The Hall–Kier alpha value is -2.54. The number of carbonyl (C=O) groups excluding carboxylic acids is 1. The Morgan fingerprint density at radius 2 is 2.00 bits per heavy atom. The van der Waals surface area contributed by atoms with Crippen molar-refractivity contribution in [2.45, 2.75) is 38.1 Å². The zero-order valence-corrected chi connectivity index (χ0v) is 16.2. The van der Waals surface area contributed by atoms with Gasteiger partial charge in [-0.3, -0.25) is 4.79 Å². The number of nitrogens with zero attached hydrogens (tertiary/aromatic N) is 3. The predicted molar refractivity (Wildman–Crippen MR) is 106 cm³/mol. The second-order valence-corrected chi connectivity index (χ2v) is 7.49.